The molecular formula is C19H30N4O2. The number of rotatable bonds is 8. The quantitative estimate of drug-likeness (QED) is 0.384. The van der Waals surface area contributed by atoms with Gasteiger partial charge < -0.3 is 20.7 Å². The zero-order chi connectivity index (χ0) is 17.9. The Hall–Kier alpha value is -2.08. The largest absolute Gasteiger partial charge is 0.385 e. The molecule has 1 amide bonds. The van der Waals surface area contributed by atoms with E-state index >= 15 is 0 Å². The minimum atomic E-state index is 0.151. The van der Waals surface area contributed by atoms with E-state index in [0.717, 1.165) is 49.6 Å². The molecule has 0 aliphatic heterocycles. The van der Waals surface area contributed by atoms with E-state index in [4.69, 9.17) is 4.74 Å². The molecule has 2 rings (SSSR count). The molecule has 1 aromatic carbocycles. The van der Waals surface area contributed by atoms with Gasteiger partial charge in [0, 0.05) is 45.5 Å². The average Bonchev–Trinajstić information content (AvgIpc) is 3.16. The topological polar surface area (TPSA) is 74.8 Å². The lowest BCUT2D eigenvalue weighted by molar-refractivity contribution is -0.119. The first-order chi connectivity index (χ1) is 12.2. The van der Waals surface area contributed by atoms with Crippen molar-refractivity contribution in [2.45, 2.75) is 38.6 Å². The Bertz CT molecular complexity index is 568. The molecule has 6 nitrogen and oxygen atoms in total. The number of amides is 1. The maximum absolute atomic E-state index is 12.2. The molecule has 0 bridgehead atoms. The van der Waals surface area contributed by atoms with E-state index < -0.39 is 0 Å². The number of nitrogens with one attached hydrogen (secondary N) is 3. The van der Waals surface area contributed by atoms with Crippen molar-refractivity contribution >= 4 is 17.6 Å². The van der Waals surface area contributed by atoms with Crippen molar-refractivity contribution in [3.8, 4) is 0 Å². The van der Waals surface area contributed by atoms with Crippen molar-refractivity contribution in [3.63, 3.8) is 0 Å². The van der Waals surface area contributed by atoms with Crippen molar-refractivity contribution in [3.05, 3.63) is 29.8 Å². The second kappa shape index (κ2) is 10.7. The first kappa shape index (κ1) is 19.2. The summed E-state index contributed by atoms with van der Waals surface area (Å²) in [6.07, 6.45) is 5.29. The van der Waals surface area contributed by atoms with Gasteiger partial charge in [0.15, 0.2) is 5.96 Å². The Kier molecular flexibility index (Phi) is 8.25. The normalized spacial score (nSPS) is 15.2. The van der Waals surface area contributed by atoms with Crippen LogP contribution in [0, 0.1) is 5.92 Å². The van der Waals surface area contributed by atoms with Crippen LogP contribution in [-0.4, -0.2) is 39.2 Å². The third-order valence-electron chi connectivity index (χ3n) is 4.42. The van der Waals surface area contributed by atoms with Gasteiger partial charge in [-0.25, -0.2) is 0 Å². The molecule has 1 saturated carbocycles. The van der Waals surface area contributed by atoms with Gasteiger partial charge in [-0.05, 0) is 37.0 Å². The predicted molar refractivity (Wildman–Crippen MR) is 102 cm³/mol. The fraction of sp³-hybridized carbons (Fsp3) is 0.579. The van der Waals surface area contributed by atoms with Crippen molar-refractivity contribution < 1.29 is 9.53 Å². The molecule has 1 fully saturated rings. The summed E-state index contributed by atoms with van der Waals surface area (Å²) in [5.41, 5.74) is 1.96. The minimum Gasteiger partial charge on any atom is -0.385 e. The van der Waals surface area contributed by atoms with E-state index in [-0.39, 0.29) is 11.8 Å². The van der Waals surface area contributed by atoms with Crippen molar-refractivity contribution in [1.82, 2.24) is 10.6 Å². The van der Waals surface area contributed by atoms with Gasteiger partial charge in [0.05, 0.1) is 0 Å². The molecule has 0 unspecified atom stereocenters. The van der Waals surface area contributed by atoms with Gasteiger partial charge in [0.2, 0.25) is 5.91 Å². The Morgan fingerprint density at radius 3 is 2.80 bits per heavy atom. The lowest BCUT2D eigenvalue weighted by Gasteiger charge is -2.13. The van der Waals surface area contributed by atoms with Gasteiger partial charge in [-0.2, -0.15) is 0 Å². The van der Waals surface area contributed by atoms with Gasteiger partial charge in [-0.1, -0.05) is 25.0 Å². The first-order valence-electron chi connectivity index (χ1n) is 9.06. The second-order valence-electron chi connectivity index (χ2n) is 6.37. The smallest absolute Gasteiger partial charge is 0.227 e. The highest BCUT2D eigenvalue weighted by atomic mass is 16.5. The minimum absolute atomic E-state index is 0.151. The number of nitrogens with zero attached hydrogens (tertiary/aromatic N) is 1. The number of carbonyl (C=O) groups excluding carboxylic acids is 1. The monoisotopic (exact) mass is 346 g/mol. The highest BCUT2D eigenvalue weighted by Crippen LogP contribution is 2.26. The van der Waals surface area contributed by atoms with Crippen LogP contribution in [0.15, 0.2) is 29.3 Å². The highest BCUT2D eigenvalue weighted by molar-refractivity contribution is 5.92. The van der Waals surface area contributed by atoms with Crippen LogP contribution in [0.5, 0.6) is 0 Å². The Morgan fingerprint density at radius 1 is 1.28 bits per heavy atom. The molecule has 0 heterocycles. The Balaban J connectivity index is 1.80. The number of ether oxygens (including phenoxy) is 1. The molecule has 1 aliphatic rings. The van der Waals surface area contributed by atoms with E-state index in [2.05, 4.69) is 20.9 Å². The van der Waals surface area contributed by atoms with Crippen LogP contribution in [0.2, 0.25) is 0 Å². The number of guanidine groups is 1. The standard InChI is InChI=1S/C19H30N4O2/c1-20-19(21-11-6-12-25-2)22-14-15-7-5-10-17(13-15)23-18(24)16-8-3-4-9-16/h5,7,10,13,16H,3-4,6,8-9,11-12,14H2,1-2H3,(H,23,24)(H2,20,21,22). The maximum Gasteiger partial charge on any atom is 0.227 e. The molecule has 0 radical (unpaired) electrons. The number of carbonyl (C=O) groups is 1. The van der Waals surface area contributed by atoms with Crippen LogP contribution in [0.25, 0.3) is 0 Å². The molecule has 0 aromatic heterocycles. The number of hydrogen-bond donors (Lipinski definition) is 3. The van der Waals surface area contributed by atoms with Gasteiger partial charge in [-0.15, -0.1) is 0 Å². The molecule has 0 saturated heterocycles. The van der Waals surface area contributed by atoms with Crippen LogP contribution >= 0.6 is 0 Å². The van der Waals surface area contributed by atoms with Crippen LogP contribution in [0.4, 0.5) is 5.69 Å². The molecule has 0 spiro atoms. The van der Waals surface area contributed by atoms with E-state index in [9.17, 15) is 4.79 Å². The summed E-state index contributed by atoms with van der Waals surface area (Å²) < 4.78 is 5.03. The molecular weight excluding hydrogens is 316 g/mol. The van der Waals surface area contributed by atoms with Crippen LogP contribution < -0.4 is 16.0 Å². The number of hydrogen-bond acceptors (Lipinski definition) is 3. The highest BCUT2D eigenvalue weighted by Gasteiger charge is 2.22. The third kappa shape index (κ3) is 6.74. The van der Waals surface area contributed by atoms with Gasteiger partial charge in [0.1, 0.15) is 0 Å². The van der Waals surface area contributed by atoms with Crippen LogP contribution in [0.3, 0.4) is 0 Å². The third-order valence-corrected chi connectivity index (χ3v) is 4.42. The molecule has 0 atom stereocenters. The van der Waals surface area contributed by atoms with E-state index in [1.54, 1.807) is 14.2 Å². The van der Waals surface area contributed by atoms with Gasteiger partial charge in [-0.3, -0.25) is 9.79 Å². The van der Waals surface area contributed by atoms with E-state index in [0.29, 0.717) is 6.54 Å². The Morgan fingerprint density at radius 2 is 2.08 bits per heavy atom. The predicted octanol–water partition coefficient (Wildman–Crippen LogP) is 2.52. The van der Waals surface area contributed by atoms with E-state index in [1.165, 1.54) is 12.8 Å². The van der Waals surface area contributed by atoms with Crippen molar-refractivity contribution in [2.75, 3.05) is 32.6 Å². The number of aliphatic imine (C=N–C) groups is 1. The maximum atomic E-state index is 12.2. The lowest BCUT2D eigenvalue weighted by atomic mass is 10.1. The summed E-state index contributed by atoms with van der Waals surface area (Å²) in [6.45, 7) is 2.19. The SMILES string of the molecule is CN=C(NCCCOC)NCc1cccc(NC(=O)C2CCCC2)c1. The second-order valence-corrected chi connectivity index (χ2v) is 6.37. The van der Waals surface area contributed by atoms with Gasteiger partial charge in [0.25, 0.3) is 0 Å². The van der Waals surface area contributed by atoms with Crippen molar-refractivity contribution in [2.24, 2.45) is 10.9 Å². The van der Waals surface area contributed by atoms with Crippen LogP contribution in [0.1, 0.15) is 37.7 Å². The summed E-state index contributed by atoms with van der Waals surface area (Å²) in [5.74, 6) is 1.09. The molecule has 1 aromatic rings. The summed E-state index contributed by atoms with van der Waals surface area (Å²) >= 11 is 0. The first-order valence-corrected chi connectivity index (χ1v) is 9.06. The molecule has 138 valence electrons. The molecule has 6 heteroatoms. The number of methoxy groups -OCH3 is 1. The zero-order valence-corrected chi connectivity index (χ0v) is 15.3. The fourth-order valence-electron chi connectivity index (χ4n) is 3.02. The summed E-state index contributed by atoms with van der Waals surface area (Å²) in [7, 11) is 3.45. The van der Waals surface area contributed by atoms with Gasteiger partial charge >= 0.3 is 0 Å². The summed E-state index contributed by atoms with van der Waals surface area (Å²) in [5, 5.41) is 9.58. The number of anilines is 1. The number of benzene rings is 1. The zero-order valence-electron chi connectivity index (χ0n) is 15.3. The molecule has 1 aliphatic carbocycles. The summed E-state index contributed by atoms with van der Waals surface area (Å²) in [4.78, 5) is 16.5. The average molecular weight is 346 g/mol. The molecule has 3 N–H and O–H groups in total. The van der Waals surface area contributed by atoms with E-state index in [1.807, 2.05) is 24.3 Å². The Labute approximate surface area is 150 Å². The molecule has 25 heavy (non-hydrogen) atoms. The summed E-state index contributed by atoms with van der Waals surface area (Å²) in [6, 6.07) is 7.96. The lowest BCUT2D eigenvalue weighted by Crippen LogP contribution is -2.37. The van der Waals surface area contributed by atoms with Crippen molar-refractivity contribution in [1.29, 1.82) is 0 Å². The van der Waals surface area contributed by atoms with Crippen LogP contribution in [-0.2, 0) is 16.1 Å². The fourth-order valence-corrected chi connectivity index (χ4v) is 3.02.